The van der Waals surface area contributed by atoms with Crippen molar-refractivity contribution in [3.63, 3.8) is 0 Å². The normalized spacial score (nSPS) is 15.5. The molecule has 0 atom stereocenters. The van der Waals surface area contributed by atoms with E-state index in [9.17, 15) is 9.59 Å². The Hall–Kier alpha value is -1.88. The molecule has 0 bridgehead atoms. The van der Waals surface area contributed by atoms with Gasteiger partial charge in [0.05, 0.1) is 11.8 Å². The highest BCUT2D eigenvalue weighted by Gasteiger charge is 2.48. The Bertz CT molecular complexity index is 492. The van der Waals surface area contributed by atoms with E-state index >= 15 is 0 Å². The van der Waals surface area contributed by atoms with E-state index in [0.717, 1.165) is 24.1 Å². The first-order valence-electron chi connectivity index (χ1n) is 6.97. The van der Waals surface area contributed by atoms with Gasteiger partial charge in [0, 0.05) is 18.8 Å². The van der Waals surface area contributed by atoms with E-state index in [0.29, 0.717) is 19.5 Å². The van der Waals surface area contributed by atoms with Gasteiger partial charge in [-0.1, -0.05) is 12.1 Å². The van der Waals surface area contributed by atoms with E-state index < -0.39 is 0 Å². The van der Waals surface area contributed by atoms with Gasteiger partial charge >= 0.3 is 0 Å². The van der Waals surface area contributed by atoms with Crippen molar-refractivity contribution in [2.45, 2.75) is 26.2 Å². The van der Waals surface area contributed by atoms with E-state index in [2.05, 4.69) is 10.6 Å². The summed E-state index contributed by atoms with van der Waals surface area (Å²) in [5, 5.41) is 5.64. The molecule has 108 valence electrons. The van der Waals surface area contributed by atoms with Crippen LogP contribution in [0.5, 0.6) is 0 Å². The predicted molar refractivity (Wildman–Crippen MR) is 78.2 cm³/mol. The van der Waals surface area contributed by atoms with Crippen LogP contribution in [0.1, 0.15) is 25.3 Å². The van der Waals surface area contributed by atoms with Crippen molar-refractivity contribution in [3.05, 3.63) is 29.8 Å². The lowest BCUT2D eigenvalue weighted by Crippen LogP contribution is -2.30. The van der Waals surface area contributed by atoms with Crippen molar-refractivity contribution >= 4 is 17.5 Å². The van der Waals surface area contributed by atoms with Crippen LogP contribution in [0.15, 0.2) is 24.3 Å². The summed E-state index contributed by atoms with van der Waals surface area (Å²) in [6, 6.07) is 7.35. The first kappa shape index (κ1) is 14.5. The molecule has 0 unspecified atom stereocenters. The molecule has 0 radical (unpaired) electrons. The summed E-state index contributed by atoms with van der Waals surface area (Å²) in [7, 11) is 0. The number of likely N-dealkylation sites (N-methyl/N-ethyl adjacent to an activating group) is 1. The number of nitrogens with one attached hydrogen (secondary N) is 2. The van der Waals surface area contributed by atoms with Gasteiger partial charge in [-0.2, -0.15) is 0 Å². The molecule has 0 aromatic heterocycles. The Labute approximate surface area is 118 Å². The molecule has 0 aliphatic heterocycles. The summed E-state index contributed by atoms with van der Waals surface area (Å²) < 4.78 is 0. The van der Waals surface area contributed by atoms with Gasteiger partial charge < -0.3 is 16.4 Å². The smallest absolute Gasteiger partial charge is 0.231 e. The lowest BCUT2D eigenvalue weighted by atomic mass is 10.1. The van der Waals surface area contributed by atoms with Crippen molar-refractivity contribution < 1.29 is 9.59 Å². The minimum atomic E-state index is -0.348. The molecule has 20 heavy (non-hydrogen) atoms. The van der Waals surface area contributed by atoms with E-state index in [1.54, 1.807) is 0 Å². The maximum absolute atomic E-state index is 12.0. The maximum Gasteiger partial charge on any atom is 0.231 e. The molecule has 1 aromatic carbocycles. The molecule has 1 aromatic rings. The van der Waals surface area contributed by atoms with Crippen LogP contribution in [0.4, 0.5) is 5.69 Å². The van der Waals surface area contributed by atoms with Gasteiger partial charge in [0.15, 0.2) is 0 Å². The fourth-order valence-electron chi connectivity index (χ4n) is 2.09. The third kappa shape index (κ3) is 3.36. The molecular formula is C15H21N3O2. The Morgan fingerprint density at radius 3 is 2.40 bits per heavy atom. The molecule has 1 aliphatic rings. The summed E-state index contributed by atoms with van der Waals surface area (Å²) in [5.41, 5.74) is 6.95. The minimum Gasteiger partial charge on any atom is -0.356 e. The Morgan fingerprint density at radius 2 is 1.90 bits per heavy atom. The number of anilines is 1. The number of hydrogen-bond donors (Lipinski definition) is 3. The van der Waals surface area contributed by atoms with E-state index in [1.807, 2.05) is 31.2 Å². The van der Waals surface area contributed by atoms with Crippen LogP contribution >= 0.6 is 0 Å². The summed E-state index contributed by atoms with van der Waals surface area (Å²) in [6.45, 7) is 2.92. The van der Waals surface area contributed by atoms with Crippen LogP contribution in [0, 0.1) is 5.41 Å². The first-order valence-corrected chi connectivity index (χ1v) is 6.97. The molecular weight excluding hydrogens is 254 g/mol. The Balaban J connectivity index is 1.91. The van der Waals surface area contributed by atoms with Crippen LogP contribution in [0.2, 0.25) is 0 Å². The second kappa shape index (κ2) is 6.05. The SMILES string of the molecule is CCNC(=O)Cc1ccc(NC(=O)C2(CN)CC2)cc1. The number of carbonyl (C=O) groups excluding carboxylic acids is 2. The summed E-state index contributed by atoms with van der Waals surface area (Å²) in [6.07, 6.45) is 2.09. The highest BCUT2D eigenvalue weighted by molar-refractivity contribution is 5.97. The topological polar surface area (TPSA) is 84.2 Å². The van der Waals surface area contributed by atoms with Gasteiger partial charge in [0.25, 0.3) is 0 Å². The lowest BCUT2D eigenvalue weighted by molar-refractivity contribution is -0.121. The van der Waals surface area contributed by atoms with Gasteiger partial charge in [-0.3, -0.25) is 9.59 Å². The standard InChI is InChI=1S/C15H21N3O2/c1-2-17-13(19)9-11-3-5-12(6-4-11)18-14(20)15(10-16)7-8-15/h3-6H,2,7-10,16H2,1H3,(H,17,19)(H,18,20). The van der Waals surface area contributed by atoms with Gasteiger partial charge in [-0.05, 0) is 37.5 Å². The third-order valence-electron chi connectivity index (χ3n) is 3.68. The van der Waals surface area contributed by atoms with Crippen LogP contribution in [0.3, 0.4) is 0 Å². The van der Waals surface area contributed by atoms with Crippen molar-refractivity contribution in [2.24, 2.45) is 11.1 Å². The zero-order valence-electron chi connectivity index (χ0n) is 11.7. The Kier molecular flexibility index (Phi) is 4.39. The Morgan fingerprint density at radius 1 is 1.25 bits per heavy atom. The van der Waals surface area contributed by atoms with Gasteiger partial charge in [0.1, 0.15) is 0 Å². The zero-order valence-corrected chi connectivity index (χ0v) is 11.7. The van der Waals surface area contributed by atoms with E-state index in [-0.39, 0.29) is 17.2 Å². The quantitative estimate of drug-likeness (QED) is 0.725. The first-order chi connectivity index (χ1) is 9.59. The van der Waals surface area contributed by atoms with E-state index in [4.69, 9.17) is 5.73 Å². The molecule has 1 saturated carbocycles. The van der Waals surface area contributed by atoms with Crippen LogP contribution in [-0.2, 0) is 16.0 Å². The predicted octanol–water partition coefficient (Wildman–Crippen LogP) is 1.04. The molecule has 0 spiro atoms. The molecule has 5 heteroatoms. The summed E-state index contributed by atoms with van der Waals surface area (Å²) in [5.74, 6) is 0.000765. The molecule has 0 saturated heterocycles. The zero-order chi connectivity index (χ0) is 14.6. The second-order valence-electron chi connectivity index (χ2n) is 5.27. The minimum absolute atomic E-state index is 0.00326. The maximum atomic E-state index is 12.0. The van der Waals surface area contributed by atoms with Crippen molar-refractivity contribution in [1.29, 1.82) is 0 Å². The molecule has 2 amide bonds. The summed E-state index contributed by atoms with van der Waals surface area (Å²) >= 11 is 0. The molecule has 1 fully saturated rings. The highest BCUT2D eigenvalue weighted by Crippen LogP contribution is 2.45. The number of carbonyl (C=O) groups is 2. The molecule has 2 rings (SSSR count). The number of hydrogen-bond acceptors (Lipinski definition) is 3. The average Bonchev–Trinajstić information content (AvgIpc) is 3.22. The monoisotopic (exact) mass is 275 g/mol. The van der Waals surface area contributed by atoms with Crippen LogP contribution < -0.4 is 16.4 Å². The average molecular weight is 275 g/mol. The fourth-order valence-corrected chi connectivity index (χ4v) is 2.09. The van der Waals surface area contributed by atoms with Gasteiger partial charge in [-0.25, -0.2) is 0 Å². The molecule has 0 heterocycles. The molecule has 5 nitrogen and oxygen atoms in total. The van der Waals surface area contributed by atoms with Crippen molar-refractivity contribution in [3.8, 4) is 0 Å². The number of rotatable bonds is 6. The number of nitrogens with two attached hydrogens (primary N) is 1. The number of benzene rings is 1. The summed E-state index contributed by atoms with van der Waals surface area (Å²) in [4.78, 5) is 23.5. The third-order valence-corrected chi connectivity index (χ3v) is 3.68. The fraction of sp³-hybridized carbons (Fsp3) is 0.467. The largest absolute Gasteiger partial charge is 0.356 e. The lowest BCUT2D eigenvalue weighted by Gasteiger charge is -2.13. The van der Waals surface area contributed by atoms with Gasteiger partial charge in [0.2, 0.25) is 11.8 Å². The van der Waals surface area contributed by atoms with E-state index in [1.165, 1.54) is 0 Å². The number of amides is 2. The van der Waals surface area contributed by atoms with Gasteiger partial charge in [-0.15, -0.1) is 0 Å². The molecule has 1 aliphatic carbocycles. The van der Waals surface area contributed by atoms with Crippen molar-refractivity contribution in [2.75, 3.05) is 18.4 Å². The molecule has 4 N–H and O–H groups in total. The van der Waals surface area contributed by atoms with Crippen LogP contribution in [-0.4, -0.2) is 24.9 Å². The van der Waals surface area contributed by atoms with Crippen LogP contribution in [0.25, 0.3) is 0 Å². The highest BCUT2D eigenvalue weighted by atomic mass is 16.2. The van der Waals surface area contributed by atoms with Crippen molar-refractivity contribution in [1.82, 2.24) is 5.32 Å². The second-order valence-corrected chi connectivity index (χ2v) is 5.27.